The molecule has 1 atom stereocenters. The normalized spacial score (nSPS) is 17.5. The lowest BCUT2D eigenvalue weighted by molar-refractivity contribution is -0.0615. The summed E-state index contributed by atoms with van der Waals surface area (Å²) in [5.41, 5.74) is 6.10. The topological polar surface area (TPSA) is 18.5 Å². The molecule has 0 amide bonds. The summed E-state index contributed by atoms with van der Waals surface area (Å²) in [4.78, 5) is 0. The zero-order chi connectivity index (χ0) is 16.2. The highest BCUT2D eigenvalue weighted by Crippen LogP contribution is 2.36. The third kappa shape index (κ3) is 7.43. The van der Waals surface area contributed by atoms with E-state index in [9.17, 15) is 0 Å². The number of rotatable bonds is 9. The van der Waals surface area contributed by atoms with Crippen LogP contribution in [-0.2, 0) is 9.47 Å². The molecule has 1 rings (SSSR count). The van der Waals surface area contributed by atoms with Crippen LogP contribution in [-0.4, -0.2) is 36.1 Å². The van der Waals surface area contributed by atoms with Crippen LogP contribution in [0.1, 0.15) is 46.5 Å². The van der Waals surface area contributed by atoms with Gasteiger partial charge in [0.1, 0.15) is 6.79 Å². The highest BCUT2D eigenvalue weighted by Gasteiger charge is 2.18. The maximum absolute atomic E-state index is 5.85. The van der Waals surface area contributed by atoms with Crippen molar-refractivity contribution in [3.63, 3.8) is 0 Å². The predicted octanol–water partition coefficient (Wildman–Crippen LogP) is 5.41. The first kappa shape index (κ1) is 19.9. The van der Waals surface area contributed by atoms with Crippen molar-refractivity contribution in [1.82, 2.24) is 0 Å². The van der Waals surface area contributed by atoms with Crippen LogP contribution in [0.2, 0.25) is 0 Å². The van der Waals surface area contributed by atoms with Crippen molar-refractivity contribution in [2.45, 2.75) is 57.1 Å². The largest absolute Gasteiger partial charge is 0.359 e. The van der Waals surface area contributed by atoms with Crippen molar-refractivity contribution in [2.24, 2.45) is 0 Å². The standard InChI is InChI=1S/C18H30O2S2/c1-5-7-10-17(20-14-19-4)15(3)13-16(9-6-2)18-21-11-8-12-22-18/h6,9,17-18H,5,7-8,10-12,14H2,1-4H3/b9-6+. The molecule has 2 nitrogen and oxygen atoms in total. The minimum absolute atomic E-state index is 0.110. The summed E-state index contributed by atoms with van der Waals surface area (Å²) < 4.78 is 11.4. The molecule has 1 unspecified atom stereocenters. The first-order chi connectivity index (χ1) is 10.7. The van der Waals surface area contributed by atoms with Crippen LogP contribution in [0.5, 0.6) is 0 Å². The fraction of sp³-hybridized carbons (Fsp3) is 0.722. The summed E-state index contributed by atoms with van der Waals surface area (Å²) in [7, 11) is 1.67. The van der Waals surface area contributed by atoms with Crippen LogP contribution in [0.25, 0.3) is 0 Å². The van der Waals surface area contributed by atoms with E-state index in [1.54, 1.807) is 7.11 Å². The zero-order valence-electron chi connectivity index (χ0n) is 14.4. The van der Waals surface area contributed by atoms with E-state index in [0.717, 1.165) is 6.42 Å². The Morgan fingerprint density at radius 1 is 1.36 bits per heavy atom. The summed E-state index contributed by atoms with van der Waals surface area (Å²) >= 11 is 4.07. The fourth-order valence-corrected chi connectivity index (χ4v) is 5.13. The van der Waals surface area contributed by atoms with E-state index >= 15 is 0 Å². The van der Waals surface area contributed by atoms with E-state index < -0.39 is 0 Å². The van der Waals surface area contributed by atoms with E-state index in [-0.39, 0.29) is 6.10 Å². The highest BCUT2D eigenvalue weighted by atomic mass is 32.2. The summed E-state index contributed by atoms with van der Waals surface area (Å²) in [6, 6.07) is 0. The molecule has 22 heavy (non-hydrogen) atoms. The second-order valence-corrected chi connectivity index (χ2v) is 8.12. The van der Waals surface area contributed by atoms with Crippen LogP contribution in [0.15, 0.2) is 29.0 Å². The van der Waals surface area contributed by atoms with Gasteiger partial charge in [-0.25, -0.2) is 0 Å². The molecule has 0 spiro atoms. The zero-order valence-corrected chi connectivity index (χ0v) is 16.0. The van der Waals surface area contributed by atoms with Gasteiger partial charge >= 0.3 is 0 Å². The number of hydrogen-bond donors (Lipinski definition) is 0. The van der Waals surface area contributed by atoms with Gasteiger partial charge < -0.3 is 9.47 Å². The molecular weight excluding hydrogens is 312 g/mol. The minimum atomic E-state index is 0.110. The number of thioether (sulfide) groups is 2. The third-order valence-corrected chi connectivity index (χ3v) is 6.44. The van der Waals surface area contributed by atoms with E-state index in [1.165, 1.54) is 41.9 Å². The molecule has 1 fully saturated rings. The van der Waals surface area contributed by atoms with Gasteiger partial charge in [-0.15, -0.1) is 29.3 Å². The maximum Gasteiger partial charge on any atom is 0.147 e. The van der Waals surface area contributed by atoms with Crippen LogP contribution in [0, 0.1) is 0 Å². The van der Waals surface area contributed by atoms with Gasteiger partial charge in [0.2, 0.25) is 0 Å². The van der Waals surface area contributed by atoms with Gasteiger partial charge in [0.05, 0.1) is 10.7 Å². The molecule has 0 N–H and O–H groups in total. The van der Waals surface area contributed by atoms with E-state index in [2.05, 4.69) is 38.7 Å². The molecule has 126 valence electrons. The molecule has 1 heterocycles. The maximum atomic E-state index is 5.85. The lowest BCUT2D eigenvalue weighted by Crippen LogP contribution is -2.16. The Hall–Kier alpha value is -0.120. The lowest BCUT2D eigenvalue weighted by atomic mass is 10.1. The van der Waals surface area contributed by atoms with Crippen LogP contribution < -0.4 is 0 Å². The number of ether oxygens (including phenoxy) is 2. The lowest BCUT2D eigenvalue weighted by Gasteiger charge is -2.22. The number of allylic oxidation sites excluding steroid dienone is 2. The second kappa shape index (κ2) is 12.3. The highest BCUT2D eigenvalue weighted by molar-refractivity contribution is 8.17. The minimum Gasteiger partial charge on any atom is -0.359 e. The van der Waals surface area contributed by atoms with Crippen LogP contribution in [0.3, 0.4) is 0 Å². The third-order valence-electron chi connectivity index (χ3n) is 3.46. The summed E-state index contributed by atoms with van der Waals surface area (Å²) in [5, 5.41) is 0. The van der Waals surface area contributed by atoms with E-state index in [1.807, 2.05) is 23.5 Å². The molecular formula is C18H30O2S2. The monoisotopic (exact) mass is 342 g/mol. The first-order valence-electron chi connectivity index (χ1n) is 8.16. The smallest absolute Gasteiger partial charge is 0.147 e. The Morgan fingerprint density at radius 2 is 2.09 bits per heavy atom. The first-order valence-corrected chi connectivity index (χ1v) is 10.3. The molecule has 1 aliphatic heterocycles. The predicted molar refractivity (Wildman–Crippen MR) is 101 cm³/mol. The molecule has 0 radical (unpaired) electrons. The van der Waals surface area contributed by atoms with Gasteiger partial charge in [0, 0.05) is 12.7 Å². The average Bonchev–Trinajstić information content (AvgIpc) is 2.55. The Balaban J connectivity index is 2.94. The molecule has 0 bridgehead atoms. The Labute approximate surface area is 144 Å². The van der Waals surface area contributed by atoms with Gasteiger partial charge in [-0.2, -0.15) is 0 Å². The molecule has 1 aliphatic rings. The van der Waals surface area contributed by atoms with Gasteiger partial charge in [-0.05, 0) is 43.8 Å². The average molecular weight is 343 g/mol. The Morgan fingerprint density at radius 3 is 2.68 bits per heavy atom. The van der Waals surface area contributed by atoms with Crippen molar-refractivity contribution in [3.05, 3.63) is 29.0 Å². The quantitative estimate of drug-likeness (QED) is 0.317. The van der Waals surface area contributed by atoms with Gasteiger partial charge in [-0.3, -0.25) is 0 Å². The molecule has 0 aromatic heterocycles. The van der Waals surface area contributed by atoms with Crippen molar-refractivity contribution < 1.29 is 9.47 Å². The number of hydrogen-bond acceptors (Lipinski definition) is 4. The van der Waals surface area contributed by atoms with Gasteiger partial charge in [0.15, 0.2) is 0 Å². The van der Waals surface area contributed by atoms with Crippen molar-refractivity contribution in [3.8, 4) is 0 Å². The molecule has 4 heteroatoms. The van der Waals surface area contributed by atoms with Crippen molar-refractivity contribution in [2.75, 3.05) is 25.4 Å². The SMILES string of the molecule is C/C=C/C(=C=C(C)C(CCCC)OCOC)C1SCCCS1. The summed E-state index contributed by atoms with van der Waals surface area (Å²) in [6.45, 7) is 6.77. The van der Waals surface area contributed by atoms with Crippen LogP contribution >= 0.6 is 23.5 Å². The van der Waals surface area contributed by atoms with Crippen molar-refractivity contribution >= 4 is 23.5 Å². The van der Waals surface area contributed by atoms with Crippen LogP contribution in [0.4, 0.5) is 0 Å². The summed E-state index contributed by atoms with van der Waals surface area (Å²) in [5.74, 6) is 2.50. The fourth-order valence-electron chi connectivity index (χ4n) is 2.30. The number of methoxy groups -OCH3 is 1. The Bertz CT molecular complexity index is 384. The van der Waals surface area contributed by atoms with Crippen molar-refractivity contribution in [1.29, 1.82) is 0 Å². The Kier molecular flexibility index (Phi) is 11.2. The second-order valence-electron chi connectivity index (χ2n) is 5.39. The number of unbranched alkanes of at least 4 members (excludes halogenated alkanes) is 1. The van der Waals surface area contributed by atoms with Gasteiger partial charge in [-0.1, -0.05) is 31.9 Å². The summed E-state index contributed by atoms with van der Waals surface area (Å²) in [6.07, 6.45) is 9.12. The van der Waals surface area contributed by atoms with Gasteiger partial charge in [0.25, 0.3) is 0 Å². The molecule has 0 aromatic carbocycles. The molecule has 0 saturated carbocycles. The van der Waals surface area contributed by atoms with E-state index in [4.69, 9.17) is 9.47 Å². The molecule has 0 aromatic rings. The molecule has 1 saturated heterocycles. The molecule has 0 aliphatic carbocycles. The van der Waals surface area contributed by atoms with E-state index in [0.29, 0.717) is 11.4 Å².